The predicted molar refractivity (Wildman–Crippen MR) is 114 cm³/mol. The number of hydrogen-bond donors (Lipinski definition) is 3. The first-order valence-electron chi connectivity index (χ1n) is 12.2. The Kier molecular flexibility index (Phi) is 5.81. The molecule has 5 nitrogen and oxygen atoms in total. The van der Waals surface area contributed by atoms with Crippen LogP contribution >= 0.6 is 0 Å². The van der Waals surface area contributed by atoms with E-state index >= 15 is 0 Å². The van der Waals surface area contributed by atoms with Gasteiger partial charge in [0, 0.05) is 19.3 Å². The van der Waals surface area contributed by atoms with Gasteiger partial charge in [0.2, 0.25) is 0 Å². The highest BCUT2D eigenvalue weighted by atomic mass is 16.5. The second-order valence-electron chi connectivity index (χ2n) is 11.7. The fourth-order valence-electron chi connectivity index (χ4n) is 8.85. The molecule has 4 aliphatic carbocycles. The van der Waals surface area contributed by atoms with E-state index in [-0.39, 0.29) is 22.7 Å². The van der Waals surface area contributed by atoms with E-state index in [0.717, 1.165) is 38.5 Å². The lowest BCUT2D eigenvalue weighted by molar-refractivity contribution is -0.249. The van der Waals surface area contributed by atoms with Gasteiger partial charge in [-0.3, -0.25) is 4.79 Å². The van der Waals surface area contributed by atoms with E-state index in [1.54, 1.807) is 0 Å². The Hall–Kier alpha value is -0.650. The van der Waals surface area contributed by atoms with Crippen LogP contribution in [0.4, 0.5) is 0 Å². The zero-order valence-corrected chi connectivity index (χ0v) is 19.3. The second kappa shape index (κ2) is 7.74. The van der Waals surface area contributed by atoms with Crippen molar-refractivity contribution in [1.82, 2.24) is 0 Å². The molecule has 0 aromatic carbocycles. The summed E-state index contributed by atoms with van der Waals surface area (Å²) in [4.78, 5) is 11.7. The molecular formula is C25H42O5. The van der Waals surface area contributed by atoms with Crippen molar-refractivity contribution in [2.24, 2.45) is 40.4 Å². The van der Waals surface area contributed by atoms with E-state index in [4.69, 9.17) is 4.74 Å². The number of aliphatic hydroxyl groups excluding tert-OH is 2. The number of carbonyl (C=O) groups excluding carboxylic acids is 1. The van der Waals surface area contributed by atoms with Crippen molar-refractivity contribution in [3.63, 3.8) is 0 Å². The summed E-state index contributed by atoms with van der Waals surface area (Å²) in [6.45, 7) is 6.95. The van der Waals surface area contributed by atoms with Crippen molar-refractivity contribution >= 4 is 5.97 Å². The molecule has 4 aliphatic rings. The summed E-state index contributed by atoms with van der Waals surface area (Å²) in [5.41, 5.74) is -0.978. The molecule has 0 unspecified atom stereocenters. The molecule has 0 bridgehead atoms. The average Bonchev–Trinajstić information content (AvgIpc) is 3.04. The molecular weight excluding hydrogens is 380 g/mol. The minimum absolute atomic E-state index is 0.125. The molecule has 0 aromatic heterocycles. The highest BCUT2D eigenvalue weighted by molar-refractivity contribution is 5.69. The van der Waals surface area contributed by atoms with Crippen LogP contribution in [0.5, 0.6) is 0 Å². The third kappa shape index (κ3) is 3.26. The van der Waals surface area contributed by atoms with Gasteiger partial charge in [0.15, 0.2) is 0 Å². The molecule has 0 aromatic rings. The number of hydrogen-bond acceptors (Lipinski definition) is 5. The summed E-state index contributed by atoms with van der Waals surface area (Å²) in [5.74, 6) is 1.95. The molecule has 4 rings (SSSR count). The van der Waals surface area contributed by atoms with E-state index in [0.29, 0.717) is 42.9 Å². The van der Waals surface area contributed by atoms with Crippen LogP contribution < -0.4 is 0 Å². The maximum absolute atomic E-state index is 11.7. The molecule has 0 spiro atoms. The lowest BCUT2D eigenvalue weighted by Crippen LogP contribution is -2.66. The highest BCUT2D eigenvalue weighted by Crippen LogP contribution is 2.69. The van der Waals surface area contributed by atoms with Crippen LogP contribution in [0, 0.1) is 40.4 Å². The maximum atomic E-state index is 11.7. The number of ether oxygens (including phenoxy) is 1. The molecule has 10 atom stereocenters. The minimum atomic E-state index is -0.954. The van der Waals surface area contributed by atoms with Gasteiger partial charge in [-0.25, -0.2) is 0 Å². The SMILES string of the molecule is COC(=O)CC[C@@H](C)[C@H]1CC[C@H]2[C@@H]3[C@@H](O)C[C@]4(O)C[C@H](O)CC[C@]4(C)[C@H]3CC[C@]12C. The first kappa shape index (κ1) is 22.5. The highest BCUT2D eigenvalue weighted by Gasteiger charge is 2.67. The molecule has 0 amide bonds. The predicted octanol–water partition coefficient (Wildman–Crippen LogP) is 3.68. The van der Waals surface area contributed by atoms with Crippen molar-refractivity contribution in [2.45, 2.75) is 103 Å². The van der Waals surface area contributed by atoms with Crippen LogP contribution in [-0.2, 0) is 9.53 Å². The third-order valence-corrected chi connectivity index (χ3v) is 10.6. The maximum Gasteiger partial charge on any atom is 0.305 e. The normalized spacial score (nSPS) is 51.4. The molecule has 0 aliphatic heterocycles. The van der Waals surface area contributed by atoms with Gasteiger partial charge in [-0.05, 0) is 85.4 Å². The van der Waals surface area contributed by atoms with Crippen LogP contribution in [0.3, 0.4) is 0 Å². The van der Waals surface area contributed by atoms with E-state index in [1.807, 2.05) is 0 Å². The van der Waals surface area contributed by atoms with Crippen LogP contribution in [-0.4, -0.2) is 46.2 Å². The minimum Gasteiger partial charge on any atom is -0.469 e. The molecule has 30 heavy (non-hydrogen) atoms. The molecule has 3 N–H and O–H groups in total. The molecule has 172 valence electrons. The van der Waals surface area contributed by atoms with Gasteiger partial charge in [0.1, 0.15) is 0 Å². The summed E-state index contributed by atoms with van der Waals surface area (Å²) < 4.78 is 4.84. The number of aliphatic hydroxyl groups is 3. The molecule has 4 fully saturated rings. The van der Waals surface area contributed by atoms with Crippen LogP contribution in [0.1, 0.15) is 85.0 Å². The molecule has 0 saturated heterocycles. The van der Waals surface area contributed by atoms with Crippen molar-refractivity contribution in [1.29, 1.82) is 0 Å². The summed E-state index contributed by atoms with van der Waals surface area (Å²) in [7, 11) is 1.46. The molecule has 4 saturated carbocycles. The second-order valence-corrected chi connectivity index (χ2v) is 11.7. The van der Waals surface area contributed by atoms with Crippen molar-refractivity contribution < 1.29 is 24.9 Å². The largest absolute Gasteiger partial charge is 0.469 e. The topological polar surface area (TPSA) is 87.0 Å². The fraction of sp³-hybridized carbons (Fsp3) is 0.960. The first-order chi connectivity index (χ1) is 14.1. The lowest BCUT2D eigenvalue weighted by Gasteiger charge is -2.65. The Morgan fingerprint density at radius 2 is 1.80 bits per heavy atom. The van der Waals surface area contributed by atoms with Gasteiger partial charge in [-0.1, -0.05) is 20.8 Å². The van der Waals surface area contributed by atoms with E-state index in [2.05, 4.69) is 20.8 Å². The Labute approximate surface area is 181 Å². The fourth-order valence-corrected chi connectivity index (χ4v) is 8.85. The standard InChI is InChI=1S/C25H42O5/c1-15(5-8-21(28)30-4)17-6-7-18-22-19(10-11-23(17,18)2)24(3)12-9-16(26)13-25(24,29)14-20(22)27/h15-20,22,26-27,29H,5-14H2,1-4H3/t15-,16-,17-,18+,19+,20+,22+,23-,24-,25-/m1/s1. The smallest absolute Gasteiger partial charge is 0.305 e. The number of esters is 1. The number of fused-ring (bicyclic) bond motifs is 5. The lowest BCUT2D eigenvalue weighted by atomic mass is 9.42. The van der Waals surface area contributed by atoms with Gasteiger partial charge >= 0.3 is 5.97 Å². The zero-order valence-electron chi connectivity index (χ0n) is 19.3. The summed E-state index contributed by atoms with van der Waals surface area (Å²) in [6, 6.07) is 0. The Balaban J connectivity index is 1.56. The Morgan fingerprint density at radius 1 is 1.07 bits per heavy atom. The van der Waals surface area contributed by atoms with Crippen LogP contribution in [0.2, 0.25) is 0 Å². The summed E-state index contributed by atoms with van der Waals surface area (Å²) in [5, 5.41) is 33.1. The van der Waals surface area contributed by atoms with E-state index in [9.17, 15) is 20.1 Å². The number of methoxy groups -OCH3 is 1. The first-order valence-corrected chi connectivity index (χ1v) is 12.2. The zero-order chi connectivity index (χ0) is 21.9. The van der Waals surface area contributed by atoms with Gasteiger partial charge in [0.05, 0.1) is 24.9 Å². The van der Waals surface area contributed by atoms with Gasteiger partial charge < -0.3 is 20.1 Å². The van der Waals surface area contributed by atoms with E-state index < -0.39 is 17.8 Å². The van der Waals surface area contributed by atoms with Crippen molar-refractivity contribution in [2.75, 3.05) is 7.11 Å². The van der Waals surface area contributed by atoms with Crippen molar-refractivity contribution in [3.8, 4) is 0 Å². The summed E-state index contributed by atoms with van der Waals surface area (Å²) >= 11 is 0. The Bertz CT molecular complexity index is 666. The van der Waals surface area contributed by atoms with Crippen molar-refractivity contribution in [3.05, 3.63) is 0 Å². The van der Waals surface area contributed by atoms with Gasteiger partial charge in [0.25, 0.3) is 0 Å². The van der Waals surface area contributed by atoms with Crippen LogP contribution in [0.15, 0.2) is 0 Å². The molecule has 5 heteroatoms. The van der Waals surface area contributed by atoms with Crippen LogP contribution in [0.25, 0.3) is 0 Å². The van der Waals surface area contributed by atoms with Gasteiger partial charge in [-0.15, -0.1) is 0 Å². The number of carbonyl (C=O) groups is 1. The quantitative estimate of drug-likeness (QED) is 0.602. The monoisotopic (exact) mass is 422 g/mol. The van der Waals surface area contributed by atoms with Gasteiger partial charge in [-0.2, -0.15) is 0 Å². The Morgan fingerprint density at radius 3 is 2.50 bits per heavy atom. The molecule has 0 radical (unpaired) electrons. The number of rotatable bonds is 4. The third-order valence-electron chi connectivity index (χ3n) is 10.6. The van der Waals surface area contributed by atoms with E-state index in [1.165, 1.54) is 13.5 Å². The summed E-state index contributed by atoms with van der Waals surface area (Å²) in [6.07, 6.45) is 7.29. The average molecular weight is 423 g/mol. The molecule has 0 heterocycles.